The lowest BCUT2D eigenvalue weighted by molar-refractivity contribution is 0.0593. The molecular weight excluding hydrogens is 380 g/mol. The van der Waals surface area contributed by atoms with Crippen molar-refractivity contribution in [2.24, 2.45) is 0 Å². The van der Waals surface area contributed by atoms with Crippen LogP contribution in [0.15, 0.2) is 35.4 Å². The Hall–Kier alpha value is -2.83. The van der Waals surface area contributed by atoms with Crippen LogP contribution in [-0.4, -0.2) is 43.0 Å². The molecule has 3 rings (SSSR count). The molecule has 8 nitrogen and oxygen atoms in total. The molecule has 2 heterocycles. The number of benzene rings is 1. The van der Waals surface area contributed by atoms with Crippen LogP contribution < -0.4 is 5.73 Å². The van der Waals surface area contributed by atoms with E-state index in [4.69, 9.17) is 10.5 Å². The van der Waals surface area contributed by atoms with E-state index in [9.17, 15) is 18.5 Å². The number of carbonyl (C=O) groups excluding carboxylic acids is 1. The molecule has 1 atom stereocenters. The predicted octanol–water partition coefficient (Wildman–Crippen LogP) is 2.28. The number of aromatic nitrogens is 1. The van der Waals surface area contributed by atoms with E-state index in [1.807, 2.05) is 13.0 Å². The van der Waals surface area contributed by atoms with Crippen molar-refractivity contribution in [3.05, 3.63) is 41.7 Å². The van der Waals surface area contributed by atoms with E-state index < -0.39 is 16.0 Å². The number of rotatable bonds is 4. The van der Waals surface area contributed by atoms with Gasteiger partial charge in [-0.25, -0.2) is 13.2 Å². The minimum Gasteiger partial charge on any atom is -0.464 e. The van der Waals surface area contributed by atoms with Gasteiger partial charge in [-0.15, -0.1) is 0 Å². The monoisotopic (exact) mass is 402 g/mol. The summed E-state index contributed by atoms with van der Waals surface area (Å²) in [5.41, 5.74) is 6.58. The number of hydrogen-bond donors (Lipinski definition) is 1. The fraction of sp³-hybridized carbons (Fsp3) is 0.368. The number of nitriles is 1. The number of nitrogens with zero attached hydrogens (tertiary/aromatic N) is 3. The standard InChI is InChI=1S/C19H22N4O4S/c1-13-5-3-4-10-23(13)28(25,26)16-8-6-15(7-9-16)22-12-14(11-20)17(21)18(22)19(24)27-2/h6-9,12-13H,3-5,10,21H2,1-2H3. The van der Waals surface area contributed by atoms with E-state index in [1.54, 1.807) is 12.1 Å². The minimum atomic E-state index is -3.59. The van der Waals surface area contributed by atoms with Crippen molar-refractivity contribution in [1.29, 1.82) is 5.26 Å². The summed E-state index contributed by atoms with van der Waals surface area (Å²) in [6, 6.07) is 8.04. The number of nitrogen functional groups attached to an aromatic ring is 1. The fourth-order valence-electron chi connectivity index (χ4n) is 3.46. The molecule has 2 N–H and O–H groups in total. The Morgan fingerprint density at radius 3 is 2.54 bits per heavy atom. The van der Waals surface area contributed by atoms with Gasteiger partial charge in [0, 0.05) is 24.5 Å². The Labute approximate surface area is 164 Å². The lowest BCUT2D eigenvalue weighted by Gasteiger charge is -2.32. The van der Waals surface area contributed by atoms with Crippen molar-refractivity contribution >= 4 is 21.7 Å². The molecule has 1 aliphatic heterocycles. The first-order valence-corrected chi connectivity index (χ1v) is 10.4. The van der Waals surface area contributed by atoms with Gasteiger partial charge in [0.2, 0.25) is 10.0 Å². The maximum Gasteiger partial charge on any atom is 0.357 e. The number of ether oxygens (including phenoxy) is 1. The summed E-state index contributed by atoms with van der Waals surface area (Å²) in [5.74, 6) is -0.683. The Morgan fingerprint density at radius 2 is 1.96 bits per heavy atom. The van der Waals surface area contributed by atoms with Gasteiger partial charge >= 0.3 is 5.97 Å². The minimum absolute atomic E-state index is 0.0215. The van der Waals surface area contributed by atoms with Gasteiger partial charge in [-0.2, -0.15) is 9.57 Å². The zero-order valence-electron chi connectivity index (χ0n) is 15.8. The molecular formula is C19H22N4O4S. The summed E-state index contributed by atoms with van der Waals surface area (Å²) in [4.78, 5) is 12.3. The summed E-state index contributed by atoms with van der Waals surface area (Å²) in [6.07, 6.45) is 4.15. The third kappa shape index (κ3) is 3.37. The largest absolute Gasteiger partial charge is 0.464 e. The molecule has 0 spiro atoms. The van der Waals surface area contributed by atoms with Crippen LogP contribution in [0.4, 0.5) is 5.69 Å². The molecule has 1 fully saturated rings. The van der Waals surface area contributed by atoms with Crippen LogP contribution in [0.2, 0.25) is 0 Å². The smallest absolute Gasteiger partial charge is 0.357 e. The normalized spacial score (nSPS) is 17.8. The number of esters is 1. The highest BCUT2D eigenvalue weighted by Gasteiger charge is 2.31. The quantitative estimate of drug-likeness (QED) is 0.784. The Kier molecular flexibility index (Phi) is 5.45. The molecule has 1 unspecified atom stereocenters. The van der Waals surface area contributed by atoms with Crippen molar-refractivity contribution in [3.8, 4) is 11.8 Å². The van der Waals surface area contributed by atoms with E-state index in [0.29, 0.717) is 12.2 Å². The van der Waals surface area contributed by atoms with Crippen LogP contribution in [0.1, 0.15) is 42.2 Å². The summed E-state index contributed by atoms with van der Waals surface area (Å²) in [7, 11) is -2.37. The van der Waals surface area contributed by atoms with E-state index in [2.05, 4.69) is 0 Å². The van der Waals surface area contributed by atoms with Gasteiger partial charge in [-0.3, -0.25) is 0 Å². The van der Waals surface area contributed by atoms with Crippen LogP contribution in [0.25, 0.3) is 5.69 Å². The average Bonchev–Trinajstić information content (AvgIpc) is 3.04. The lowest BCUT2D eigenvalue weighted by Crippen LogP contribution is -2.41. The highest BCUT2D eigenvalue weighted by atomic mass is 32.2. The summed E-state index contributed by atoms with van der Waals surface area (Å²) in [5, 5.41) is 9.20. The molecule has 148 valence electrons. The van der Waals surface area contributed by atoms with Gasteiger partial charge in [0.25, 0.3) is 0 Å². The third-order valence-corrected chi connectivity index (χ3v) is 7.03. The van der Waals surface area contributed by atoms with Crippen molar-refractivity contribution in [2.75, 3.05) is 19.4 Å². The number of methoxy groups -OCH3 is 1. The second kappa shape index (κ2) is 7.66. The number of piperidine rings is 1. The highest BCUT2D eigenvalue weighted by Crippen LogP contribution is 2.28. The molecule has 9 heteroatoms. The molecule has 1 aromatic carbocycles. The van der Waals surface area contributed by atoms with Gasteiger partial charge in [-0.1, -0.05) is 6.42 Å². The number of nitrogens with two attached hydrogens (primary N) is 1. The molecule has 1 saturated heterocycles. The van der Waals surface area contributed by atoms with Crippen LogP contribution in [-0.2, 0) is 14.8 Å². The van der Waals surface area contributed by atoms with Crippen LogP contribution in [0, 0.1) is 11.3 Å². The van der Waals surface area contributed by atoms with E-state index in [-0.39, 0.29) is 27.9 Å². The zero-order chi connectivity index (χ0) is 20.5. The zero-order valence-corrected chi connectivity index (χ0v) is 16.6. The van der Waals surface area contributed by atoms with Crippen molar-refractivity contribution in [2.45, 2.75) is 37.1 Å². The van der Waals surface area contributed by atoms with Crippen molar-refractivity contribution < 1.29 is 17.9 Å². The number of hydrogen-bond acceptors (Lipinski definition) is 6. The first-order chi connectivity index (χ1) is 13.3. The molecule has 1 aliphatic rings. The first kappa shape index (κ1) is 19.9. The molecule has 0 radical (unpaired) electrons. The van der Waals surface area contributed by atoms with Gasteiger partial charge in [-0.05, 0) is 44.0 Å². The molecule has 1 aromatic heterocycles. The molecule has 0 amide bonds. The molecule has 0 saturated carbocycles. The first-order valence-electron chi connectivity index (χ1n) is 8.92. The maximum atomic E-state index is 13.0. The second-order valence-corrected chi connectivity index (χ2v) is 8.62. The van der Waals surface area contributed by atoms with Crippen molar-refractivity contribution in [1.82, 2.24) is 8.87 Å². The molecule has 2 aromatic rings. The summed E-state index contributed by atoms with van der Waals surface area (Å²) >= 11 is 0. The van der Waals surface area contributed by atoms with E-state index >= 15 is 0 Å². The summed E-state index contributed by atoms with van der Waals surface area (Å²) in [6.45, 7) is 2.43. The number of carbonyl (C=O) groups is 1. The maximum absolute atomic E-state index is 13.0. The van der Waals surface area contributed by atoms with Crippen LogP contribution >= 0.6 is 0 Å². The highest BCUT2D eigenvalue weighted by molar-refractivity contribution is 7.89. The van der Waals surface area contributed by atoms with Gasteiger partial charge in [0.15, 0.2) is 5.69 Å². The topological polar surface area (TPSA) is 118 Å². The SMILES string of the molecule is COC(=O)c1c(N)c(C#N)cn1-c1ccc(S(=O)(=O)N2CCCCC2C)cc1. The van der Waals surface area contributed by atoms with Crippen LogP contribution in [0.5, 0.6) is 0 Å². The van der Waals surface area contributed by atoms with Crippen molar-refractivity contribution in [3.63, 3.8) is 0 Å². The Bertz CT molecular complexity index is 1040. The molecule has 0 bridgehead atoms. The van der Waals surface area contributed by atoms with Gasteiger partial charge in [0.1, 0.15) is 6.07 Å². The van der Waals surface area contributed by atoms with E-state index in [0.717, 1.165) is 19.3 Å². The average molecular weight is 402 g/mol. The fourth-order valence-corrected chi connectivity index (χ4v) is 5.16. The van der Waals surface area contributed by atoms with Gasteiger partial charge in [0.05, 0.1) is 23.3 Å². The lowest BCUT2D eigenvalue weighted by atomic mass is 10.1. The summed E-state index contributed by atoms with van der Waals surface area (Å²) < 4.78 is 33.6. The third-order valence-electron chi connectivity index (χ3n) is 5.01. The Balaban J connectivity index is 2.00. The molecule has 28 heavy (non-hydrogen) atoms. The van der Waals surface area contributed by atoms with Crippen LogP contribution in [0.3, 0.4) is 0 Å². The van der Waals surface area contributed by atoms with E-state index in [1.165, 1.54) is 34.3 Å². The Morgan fingerprint density at radius 1 is 1.29 bits per heavy atom. The predicted molar refractivity (Wildman–Crippen MR) is 103 cm³/mol. The second-order valence-electron chi connectivity index (χ2n) is 6.73. The molecule has 0 aliphatic carbocycles. The number of sulfonamides is 1. The number of anilines is 1. The van der Waals surface area contributed by atoms with Gasteiger partial charge < -0.3 is 15.0 Å².